The molecule has 0 bridgehead atoms. The maximum Gasteiger partial charge on any atom is 0.226 e. The summed E-state index contributed by atoms with van der Waals surface area (Å²) >= 11 is 1.75. The normalized spacial score (nSPS) is 11.0. The molecule has 0 aliphatic carbocycles. The Morgan fingerprint density at radius 1 is 1.36 bits per heavy atom. The number of hydrogen-bond donors (Lipinski definition) is 2. The van der Waals surface area contributed by atoms with Crippen molar-refractivity contribution in [3.63, 3.8) is 0 Å². The van der Waals surface area contributed by atoms with Crippen LogP contribution in [0, 0.1) is 6.92 Å². The summed E-state index contributed by atoms with van der Waals surface area (Å²) in [4.78, 5) is 16.4. The van der Waals surface area contributed by atoms with Crippen molar-refractivity contribution in [3.05, 3.63) is 48.0 Å². The lowest BCUT2D eigenvalue weighted by Gasteiger charge is -2.04. The lowest BCUT2D eigenvalue weighted by atomic mass is 10.2. The molecule has 0 atom stereocenters. The fraction of sp³-hybridized carbons (Fsp3) is 0.250. The number of fused-ring (bicyclic) bond motifs is 1. The lowest BCUT2D eigenvalue weighted by Crippen LogP contribution is -2.27. The van der Waals surface area contributed by atoms with E-state index < -0.39 is 0 Å². The van der Waals surface area contributed by atoms with Gasteiger partial charge in [-0.2, -0.15) is 0 Å². The summed E-state index contributed by atoms with van der Waals surface area (Å²) in [6, 6.07) is 9.95. The van der Waals surface area contributed by atoms with E-state index in [2.05, 4.69) is 34.5 Å². The van der Waals surface area contributed by atoms with E-state index in [-0.39, 0.29) is 12.3 Å². The van der Waals surface area contributed by atoms with Gasteiger partial charge in [0.15, 0.2) is 0 Å². The monoisotopic (exact) mass is 315 g/mol. The first-order chi connectivity index (χ1) is 10.7. The minimum Gasteiger partial charge on any atom is -0.364 e. The van der Waals surface area contributed by atoms with Crippen molar-refractivity contribution in [1.29, 1.82) is 0 Å². The van der Waals surface area contributed by atoms with Crippen molar-refractivity contribution >= 4 is 28.6 Å². The third kappa shape index (κ3) is 3.33. The molecule has 22 heavy (non-hydrogen) atoms. The van der Waals surface area contributed by atoms with Crippen LogP contribution in [-0.2, 0) is 11.2 Å². The van der Waals surface area contributed by atoms with Crippen LogP contribution < -0.4 is 5.32 Å². The molecule has 0 fully saturated rings. The third-order valence-electron chi connectivity index (χ3n) is 3.34. The van der Waals surface area contributed by atoms with E-state index in [1.807, 2.05) is 12.1 Å². The summed E-state index contributed by atoms with van der Waals surface area (Å²) < 4.78 is 4.71. The van der Waals surface area contributed by atoms with Crippen LogP contribution in [0.5, 0.6) is 0 Å². The Bertz CT molecular complexity index is 765. The quantitative estimate of drug-likeness (QED) is 0.542. The molecule has 0 saturated heterocycles. The largest absolute Gasteiger partial charge is 0.364 e. The molecule has 0 aliphatic heterocycles. The number of carbonyl (C=O) groups excluding carboxylic acids is 1. The van der Waals surface area contributed by atoms with E-state index in [4.69, 9.17) is 4.52 Å². The predicted molar refractivity (Wildman–Crippen MR) is 87.0 cm³/mol. The molecule has 3 aromatic rings. The van der Waals surface area contributed by atoms with Crippen LogP contribution >= 0.6 is 11.8 Å². The first kappa shape index (κ1) is 14.7. The van der Waals surface area contributed by atoms with E-state index in [9.17, 15) is 4.79 Å². The molecule has 0 spiro atoms. The number of amides is 1. The highest BCUT2D eigenvalue weighted by atomic mass is 32.2. The van der Waals surface area contributed by atoms with Crippen LogP contribution in [0.4, 0.5) is 0 Å². The Morgan fingerprint density at radius 2 is 2.23 bits per heavy atom. The van der Waals surface area contributed by atoms with Gasteiger partial charge in [0.05, 0.1) is 12.1 Å². The molecule has 0 radical (unpaired) electrons. The SMILES string of the molecule is Cc1[nH]c2ccccc2c1SCCNC(=O)Cc1ccon1. The van der Waals surface area contributed by atoms with Crippen LogP contribution in [0.25, 0.3) is 10.9 Å². The van der Waals surface area contributed by atoms with E-state index in [1.54, 1.807) is 17.8 Å². The number of carbonyl (C=O) groups is 1. The van der Waals surface area contributed by atoms with Gasteiger partial charge >= 0.3 is 0 Å². The molecule has 5 nitrogen and oxygen atoms in total. The number of rotatable bonds is 6. The van der Waals surface area contributed by atoms with Crippen LogP contribution in [0.1, 0.15) is 11.4 Å². The van der Waals surface area contributed by atoms with E-state index in [1.165, 1.54) is 22.2 Å². The number of para-hydroxylation sites is 1. The van der Waals surface area contributed by atoms with Gasteiger partial charge < -0.3 is 14.8 Å². The van der Waals surface area contributed by atoms with Gasteiger partial charge in [-0.1, -0.05) is 23.4 Å². The maximum atomic E-state index is 11.7. The molecule has 1 amide bonds. The molecule has 6 heteroatoms. The minimum atomic E-state index is -0.0369. The van der Waals surface area contributed by atoms with Gasteiger partial charge in [-0.15, -0.1) is 11.8 Å². The molecule has 3 rings (SSSR count). The van der Waals surface area contributed by atoms with Crippen molar-refractivity contribution in [2.24, 2.45) is 0 Å². The zero-order chi connectivity index (χ0) is 15.4. The summed E-state index contributed by atoms with van der Waals surface area (Å²) in [5.41, 5.74) is 2.97. The summed E-state index contributed by atoms with van der Waals surface area (Å²) in [7, 11) is 0. The molecule has 2 N–H and O–H groups in total. The number of aromatic nitrogens is 2. The number of thioether (sulfide) groups is 1. The fourth-order valence-corrected chi connectivity index (χ4v) is 3.35. The third-order valence-corrected chi connectivity index (χ3v) is 4.56. The molecule has 2 aromatic heterocycles. The molecular formula is C16H17N3O2S. The Hall–Kier alpha value is -2.21. The van der Waals surface area contributed by atoms with Gasteiger partial charge in [0.1, 0.15) is 6.26 Å². The van der Waals surface area contributed by atoms with E-state index in [0.717, 1.165) is 11.3 Å². The van der Waals surface area contributed by atoms with Crippen LogP contribution in [0.15, 0.2) is 46.0 Å². The van der Waals surface area contributed by atoms with Crippen LogP contribution in [0.2, 0.25) is 0 Å². The number of benzene rings is 1. The Labute approximate surface area is 132 Å². The molecule has 2 heterocycles. The zero-order valence-corrected chi connectivity index (χ0v) is 13.1. The summed E-state index contributed by atoms with van der Waals surface area (Å²) in [6.07, 6.45) is 1.73. The summed E-state index contributed by atoms with van der Waals surface area (Å²) in [5, 5.41) is 7.86. The highest BCUT2D eigenvalue weighted by Gasteiger charge is 2.09. The number of aryl methyl sites for hydroxylation is 1. The predicted octanol–water partition coefficient (Wildman–Crippen LogP) is 2.92. The van der Waals surface area contributed by atoms with Crippen LogP contribution in [-0.4, -0.2) is 28.3 Å². The van der Waals surface area contributed by atoms with E-state index in [0.29, 0.717) is 12.2 Å². The first-order valence-electron chi connectivity index (χ1n) is 7.10. The minimum absolute atomic E-state index is 0.0369. The second kappa shape index (κ2) is 6.70. The van der Waals surface area contributed by atoms with Gasteiger partial charge in [0, 0.05) is 39.9 Å². The van der Waals surface area contributed by atoms with Crippen molar-refractivity contribution in [1.82, 2.24) is 15.5 Å². The van der Waals surface area contributed by atoms with Gasteiger partial charge in [-0.25, -0.2) is 0 Å². The summed E-state index contributed by atoms with van der Waals surface area (Å²) in [6.45, 7) is 2.70. The standard InChI is InChI=1S/C16H17N3O2S/c1-11-16(13-4-2-3-5-14(13)18-11)22-9-7-17-15(20)10-12-6-8-21-19-12/h2-6,8,18H,7,9-10H2,1H3,(H,17,20). The number of nitrogens with zero attached hydrogens (tertiary/aromatic N) is 1. The second-order valence-corrected chi connectivity index (χ2v) is 6.10. The Balaban J connectivity index is 1.50. The molecule has 0 saturated carbocycles. The number of H-pyrrole nitrogens is 1. The number of aromatic amines is 1. The highest BCUT2D eigenvalue weighted by molar-refractivity contribution is 7.99. The Morgan fingerprint density at radius 3 is 3.05 bits per heavy atom. The van der Waals surface area contributed by atoms with Gasteiger partial charge in [0.2, 0.25) is 5.91 Å². The summed E-state index contributed by atoms with van der Waals surface area (Å²) in [5.74, 6) is 0.790. The topological polar surface area (TPSA) is 70.9 Å². The van der Waals surface area contributed by atoms with Gasteiger partial charge in [-0.3, -0.25) is 4.79 Å². The average Bonchev–Trinajstić information content (AvgIpc) is 3.11. The van der Waals surface area contributed by atoms with Crippen molar-refractivity contribution in [2.45, 2.75) is 18.2 Å². The van der Waals surface area contributed by atoms with Crippen LogP contribution in [0.3, 0.4) is 0 Å². The zero-order valence-electron chi connectivity index (χ0n) is 12.3. The number of hydrogen-bond acceptors (Lipinski definition) is 4. The van der Waals surface area contributed by atoms with Crippen molar-refractivity contribution < 1.29 is 9.32 Å². The number of nitrogens with one attached hydrogen (secondary N) is 2. The molecule has 0 unspecified atom stereocenters. The second-order valence-electron chi connectivity index (χ2n) is 4.99. The molecule has 114 valence electrons. The average molecular weight is 315 g/mol. The fourth-order valence-electron chi connectivity index (χ4n) is 2.34. The van der Waals surface area contributed by atoms with E-state index >= 15 is 0 Å². The van der Waals surface area contributed by atoms with Gasteiger partial charge in [0.25, 0.3) is 0 Å². The molecular weight excluding hydrogens is 298 g/mol. The lowest BCUT2D eigenvalue weighted by molar-refractivity contribution is -0.120. The van der Waals surface area contributed by atoms with Gasteiger partial charge in [-0.05, 0) is 13.0 Å². The maximum absolute atomic E-state index is 11.7. The first-order valence-corrected chi connectivity index (χ1v) is 8.08. The smallest absolute Gasteiger partial charge is 0.226 e. The van der Waals surface area contributed by atoms with Crippen molar-refractivity contribution in [2.75, 3.05) is 12.3 Å². The van der Waals surface area contributed by atoms with Crippen molar-refractivity contribution in [3.8, 4) is 0 Å². The molecule has 1 aromatic carbocycles. The Kier molecular flexibility index (Phi) is 4.48. The highest BCUT2D eigenvalue weighted by Crippen LogP contribution is 2.30. The molecule has 0 aliphatic rings.